The molecule has 2 N–H and O–H groups in total. The number of hydrogen-bond acceptors (Lipinski definition) is 8. The topological polar surface area (TPSA) is 106 Å². The number of aliphatic hydroxyl groups excluding tert-OH is 2. The Kier molecular flexibility index (Phi) is 6.44. The van der Waals surface area contributed by atoms with E-state index < -0.39 is 12.7 Å². The summed E-state index contributed by atoms with van der Waals surface area (Å²) in [5, 5.41) is 23.9. The Morgan fingerprint density at radius 3 is 2.70 bits per heavy atom. The summed E-state index contributed by atoms with van der Waals surface area (Å²) in [6, 6.07) is 11.3. The van der Waals surface area contributed by atoms with Crippen LogP contribution in [0.25, 0.3) is 17.1 Å². The Morgan fingerprint density at radius 2 is 1.93 bits per heavy atom. The highest BCUT2D eigenvalue weighted by molar-refractivity contribution is 6.30. The van der Waals surface area contributed by atoms with Crippen LogP contribution in [0.4, 0.5) is 5.82 Å². The van der Waals surface area contributed by atoms with Gasteiger partial charge in [0.15, 0.2) is 5.82 Å². The van der Waals surface area contributed by atoms with Gasteiger partial charge in [0, 0.05) is 35.9 Å². The number of anilines is 1. The van der Waals surface area contributed by atoms with Crippen LogP contribution in [-0.2, 0) is 4.74 Å². The standard InChI is InChI=1S/C20H22ClN5O4/c21-15-3-1-2-14(10-15)17-4-5-26(24-17)19-11-18(25-6-8-29-9-7-25)22-20(23-19)30-13-16(28)12-27/h1-5,10-11,16,27-28H,6-9,12-13H2. The van der Waals surface area contributed by atoms with Crippen molar-refractivity contribution >= 4 is 17.4 Å². The number of aromatic nitrogens is 4. The van der Waals surface area contributed by atoms with Gasteiger partial charge >= 0.3 is 6.01 Å². The zero-order chi connectivity index (χ0) is 20.9. The third-order valence-electron chi connectivity index (χ3n) is 4.57. The van der Waals surface area contributed by atoms with Crippen molar-refractivity contribution in [1.82, 2.24) is 19.7 Å². The zero-order valence-corrected chi connectivity index (χ0v) is 16.9. The van der Waals surface area contributed by atoms with E-state index >= 15 is 0 Å². The Labute approximate surface area is 178 Å². The summed E-state index contributed by atoms with van der Waals surface area (Å²) in [7, 11) is 0. The Balaban J connectivity index is 1.65. The fourth-order valence-corrected chi connectivity index (χ4v) is 3.20. The molecule has 3 aromatic rings. The van der Waals surface area contributed by atoms with E-state index in [9.17, 15) is 5.11 Å². The molecule has 0 bridgehead atoms. The lowest BCUT2D eigenvalue weighted by Gasteiger charge is -2.28. The van der Waals surface area contributed by atoms with Gasteiger partial charge in [0.25, 0.3) is 0 Å². The maximum Gasteiger partial charge on any atom is 0.320 e. The van der Waals surface area contributed by atoms with Gasteiger partial charge in [-0.1, -0.05) is 23.7 Å². The van der Waals surface area contributed by atoms with E-state index in [1.54, 1.807) is 10.9 Å². The molecular formula is C20H22ClN5O4. The lowest BCUT2D eigenvalue weighted by molar-refractivity contribution is 0.0504. The highest BCUT2D eigenvalue weighted by Crippen LogP contribution is 2.24. The van der Waals surface area contributed by atoms with Crippen LogP contribution in [0.5, 0.6) is 6.01 Å². The summed E-state index contributed by atoms with van der Waals surface area (Å²) in [4.78, 5) is 10.9. The average molecular weight is 432 g/mol. The second kappa shape index (κ2) is 9.40. The summed E-state index contributed by atoms with van der Waals surface area (Å²) in [5.41, 5.74) is 1.65. The molecule has 0 radical (unpaired) electrons. The molecule has 1 aliphatic rings. The van der Waals surface area contributed by atoms with Crippen molar-refractivity contribution in [3.8, 4) is 23.1 Å². The number of ether oxygens (including phenoxy) is 2. The van der Waals surface area contributed by atoms with E-state index in [1.165, 1.54) is 0 Å². The average Bonchev–Trinajstić information content (AvgIpc) is 3.28. The van der Waals surface area contributed by atoms with Crippen molar-refractivity contribution in [2.75, 3.05) is 44.4 Å². The number of benzene rings is 1. The van der Waals surface area contributed by atoms with Crippen molar-refractivity contribution in [2.45, 2.75) is 6.10 Å². The van der Waals surface area contributed by atoms with Gasteiger partial charge in [-0.15, -0.1) is 0 Å². The third-order valence-corrected chi connectivity index (χ3v) is 4.81. The molecule has 1 fully saturated rings. The molecule has 10 heteroatoms. The van der Waals surface area contributed by atoms with E-state index in [4.69, 9.17) is 26.2 Å². The lowest BCUT2D eigenvalue weighted by Crippen LogP contribution is -2.37. The Morgan fingerprint density at radius 1 is 1.13 bits per heavy atom. The third kappa shape index (κ3) is 4.88. The van der Waals surface area contributed by atoms with Crippen molar-refractivity contribution in [1.29, 1.82) is 0 Å². The van der Waals surface area contributed by atoms with Gasteiger partial charge in [0.1, 0.15) is 18.5 Å². The highest BCUT2D eigenvalue weighted by atomic mass is 35.5. The van der Waals surface area contributed by atoms with Gasteiger partial charge < -0.3 is 24.6 Å². The molecule has 1 saturated heterocycles. The fourth-order valence-electron chi connectivity index (χ4n) is 3.01. The number of hydrogen-bond donors (Lipinski definition) is 2. The van der Waals surface area contributed by atoms with E-state index in [1.807, 2.05) is 36.4 Å². The molecule has 1 aromatic carbocycles. The van der Waals surface area contributed by atoms with Crippen molar-refractivity contribution in [3.63, 3.8) is 0 Å². The first-order valence-corrected chi connectivity index (χ1v) is 9.95. The maximum atomic E-state index is 9.59. The van der Waals surface area contributed by atoms with E-state index in [0.717, 1.165) is 11.3 Å². The molecular weight excluding hydrogens is 410 g/mol. The van der Waals surface area contributed by atoms with E-state index in [2.05, 4.69) is 20.0 Å². The van der Waals surface area contributed by atoms with Gasteiger partial charge in [0.2, 0.25) is 0 Å². The van der Waals surface area contributed by atoms with Crippen LogP contribution in [0.2, 0.25) is 5.02 Å². The summed E-state index contributed by atoms with van der Waals surface area (Å²) in [6.45, 7) is 2.09. The largest absolute Gasteiger partial charge is 0.461 e. The molecule has 2 aromatic heterocycles. The van der Waals surface area contributed by atoms with Gasteiger partial charge in [-0.05, 0) is 18.2 Å². The Hall–Kier alpha value is -2.72. The molecule has 30 heavy (non-hydrogen) atoms. The number of halogens is 1. The predicted molar refractivity (Wildman–Crippen MR) is 111 cm³/mol. The molecule has 1 atom stereocenters. The van der Waals surface area contributed by atoms with E-state index in [-0.39, 0.29) is 12.6 Å². The van der Waals surface area contributed by atoms with Crippen LogP contribution in [-0.4, -0.2) is 75.6 Å². The minimum atomic E-state index is -1.01. The van der Waals surface area contributed by atoms with Crippen LogP contribution in [0.15, 0.2) is 42.6 Å². The van der Waals surface area contributed by atoms with Gasteiger partial charge in [0.05, 0.1) is 25.5 Å². The molecule has 1 unspecified atom stereocenters. The second-order valence-corrected chi connectivity index (χ2v) is 7.21. The summed E-state index contributed by atoms with van der Waals surface area (Å²) in [6.07, 6.45) is 0.789. The summed E-state index contributed by atoms with van der Waals surface area (Å²) >= 11 is 6.09. The SMILES string of the molecule is OCC(O)COc1nc(N2CCOCC2)cc(-n2ccc(-c3cccc(Cl)c3)n2)n1. The number of rotatable bonds is 7. The maximum absolute atomic E-state index is 9.59. The molecule has 0 aliphatic carbocycles. The number of morpholine rings is 1. The number of nitrogens with zero attached hydrogens (tertiary/aromatic N) is 5. The molecule has 4 rings (SSSR count). The van der Waals surface area contributed by atoms with Crippen LogP contribution >= 0.6 is 11.6 Å². The van der Waals surface area contributed by atoms with Gasteiger partial charge in [-0.2, -0.15) is 15.1 Å². The van der Waals surface area contributed by atoms with Gasteiger partial charge in [-0.25, -0.2) is 4.68 Å². The lowest BCUT2D eigenvalue weighted by atomic mass is 10.2. The predicted octanol–water partition coefficient (Wildman–Crippen LogP) is 1.55. The van der Waals surface area contributed by atoms with Crippen LogP contribution in [0.3, 0.4) is 0 Å². The summed E-state index contributed by atoms with van der Waals surface area (Å²) < 4.78 is 12.6. The molecule has 0 amide bonds. The first kappa shape index (κ1) is 20.5. The van der Waals surface area contributed by atoms with Crippen LogP contribution in [0.1, 0.15) is 0 Å². The molecule has 158 valence electrons. The van der Waals surface area contributed by atoms with E-state index in [0.29, 0.717) is 43.0 Å². The second-order valence-electron chi connectivity index (χ2n) is 6.77. The normalized spacial score (nSPS) is 15.2. The molecule has 1 aliphatic heterocycles. The first-order valence-electron chi connectivity index (χ1n) is 9.58. The zero-order valence-electron chi connectivity index (χ0n) is 16.2. The minimum absolute atomic E-state index is 0.0984. The monoisotopic (exact) mass is 431 g/mol. The molecule has 0 saturated carbocycles. The molecule has 0 spiro atoms. The number of aliphatic hydroxyl groups is 2. The fraction of sp³-hybridized carbons (Fsp3) is 0.350. The summed E-state index contributed by atoms with van der Waals surface area (Å²) in [5.74, 6) is 1.20. The minimum Gasteiger partial charge on any atom is -0.461 e. The molecule has 9 nitrogen and oxygen atoms in total. The molecule has 3 heterocycles. The highest BCUT2D eigenvalue weighted by Gasteiger charge is 2.17. The van der Waals surface area contributed by atoms with Crippen LogP contribution < -0.4 is 9.64 Å². The first-order chi connectivity index (χ1) is 14.6. The van der Waals surface area contributed by atoms with Gasteiger partial charge in [-0.3, -0.25) is 0 Å². The Bertz CT molecular complexity index is 993. The van der Waals surface area contributed by atoms with Crippen molar-refractivity contribution < 1.29 is 19.7 Å². The smallest absolute Gasteiger partial charge is 0.320 e. The van der Waals surface area contributed by atoms with Crippen LogP contribution in [0, 0.1) is 0 Å². The van der Waals surface area contributed by atoms with Crippen molar-refractivity contribution in [2.24, 2.45) is 0 Å². The quantitative estimate of drug-likeness (QED) is 0.580. The van der Waals surface area contributed by atoms with Crippen molar-refractivity contribution in [3.05, 3.63) is 47.6 Å².